The maximum absolute atomic E-state index is 11.1. The number of hydrogen-bond acceptors (Lipinski definition) is 5. The summed E-state index contributed by atoms with van der Waals surface area (Å²) in [5, 5.41) is 8.72. The van der Waals surface area contributed by atoms with E-state index in [0.29, 0.717) is 6.54 Å². The van der Waals surface area contributed by atoms with Crippen molar-refractivity contribution in [1.82, 2.24) is 9.78 Å². The highest BCUT2D eigenvalue weighted by Gasteiger charge is 2.49. The van der Waals surface area contributed by atoms with Gasteiger partial charge in [0.25, 0.3) is 10.0 Å². The first-order chi connectivity index (χ1) is 9.51. The van der Waals surface area contributed by atoms with Crippen LogP contribution in [0.5, 0.6) is 0 Å². The van der Waals surface area contributed by atoms with Gasteiger partial charge in [-0.2, -0.15) is 5.10 Å². The molecule has 0 bridgehead atoms. The molecule has 0 saturated carbocycles. The molecule has 21 heavy (non-hydrogen) atoms. The number of rotatable bonds is 4. The highest BCUT2D eigenvalue weighted by atomic mass is 32.2. The molecule has 2 rings (SSSR count). The largest absolute Gasteiger partial charge is 0.486 e. The average Bonchev–Trinajstić information content (AvgIpc) is 2.82. The molecule has 1 aliphatic rings. The summed E-state index contributed by atoms with van der Waals surface area (Å²) in [7, 11) is -4.19. The Morgan fingerprint density at radius 2 is 1.90 bits per heavy atom. The van der Waals surface area contributed by atoms with Crippen LogP contribution >= 0.6 is 0 Å². The van der Waals surface area contributed by atoms with Crippen molar-refractivity contribution >= 4 is 17.1 Å². The Kier molecular flexibility index (Phi) is 4.05. The van der Waals surface area contributed by atoms with Crippen LogP contribution in [0.4, 0.5) is 0 Å². The van der Waals surface area contributed by atoms with Gasteiger partial charge in [0.05, 0.1) is 17.7 Å². The molecule has 0 radical (unpaired) electrons. The number of hydrogen-bond donors (Lipinski definition) is 1. The van der Waals surface area contributed by atoms with E-state index in [4.69, 9.17) is 14.4 Å². The summed E-state index contributed by atoms with van der Waals surface area (Å²) < 4.78 is 35.3. The van der Waals surface area contributed by atoms with Crippen molar-refractivity contribution in [2.24, 2.45) is 5.14 Å². The van der Waals surface area contributed by atoms with Crippen molar-refractivity contribution in [3.8, 4) is 0 Å². The van der Waals surface area contributed by atoms with Gasteiger partial charge < -0.3 is 9.31 Å². The fourth-order valence-corrected chi connectivity index (χ4v) is 2.31. The van der Waals surface area contributed by atoms with Crippen LogP contribution in [0.1, 0.15) is 27.7 Å². The molecule has 1 fully saturated rings. The van der Waals surface area contributed by atoms with E-state index in [-0.39, 0.29) is 16.2 Å². The zero-order valence-corrected chi connectivity index (χ0v) is 13.4. The molecule has 0 unspecified atom stereocenters. The highest BCUT2D eigenvalue weighted by molar-refractivity contribution is 7.89. The molecule has 0 aliphatic carbocycles. The van der Waals surface area contributed by atoms with E-state index in [1.165, 1.54) is 10.7 Å². The Morgan fingerprint density at radius 3 is 2.38 bits per heavy atom. The first-order valence-corrected chi connectivity index (χ1v) is 8.14. The molecule has 1 aromatic rings. The van der Waals surface area contributed by atoms with E-state index in [1.54, 1.807) is 12.2 Å². The normalized spacial score (nSPS) is 21.3. The van der Waals surface area contributed by atoms with Gasteiger partial charge in [-0.05, 0) is 33.8 Å². The SMILES string of the molecule is CC1(C)OB(C=CCn2ccc(S(N)(=O)=O)n2)OC1(C)C. The van der Waals surface area contributed by atoms with Crippen LogP contribution in [0.15, 0.2) is 29.3 Å². The summed E-state index contributed by atoms with van der Waals surface area (Å²) >= 11 is 0. The summed E-state index contributed by atoms with van der Waals surface area (Å²) in [5.41, 5.74) is -0.761. The van der Waals surface area contributed by atoms with Gasteiger partial charge in [0.1, 0.15) is 0 Å². The number of primary sulfonamides is 1. The minimum atomic E-state index is -3.76. The fraction of sp³-hybridized carbons (Fsp3) is 0.583. The molecule has 116 valence electrons. The van der Waals surface area contributed by atoms with Crippen LogP contribution in [-0.4, -0.2) is 36.5 Å². The van der Waals surface area contributed by atoms with Crippen LogP contribution in [0.25, 0.3) is 0 Å². The maximum atomic E-state index is 11.1. The zero-order valence-electron chi connectivity index (χ0n) is 12.6. The third-order valence-corrected chi connectivity index (χ3v) is 4.57. The Hall–Kier alpha value is -1.16. The van der Waals surface area contributed by atoms with E-state index in [2.05, 4.69) is 5.10 Å². The molecule has 1 aromatic heterocycles. The summed E-state index contributed by atoms with van der Waals surface area (Å²) in [6, 6.07) is 1.36. The minimum Gasteiger partial charge on any atom is -0.400 e. The van der Waals surface area contributed by atoms with E-state index < -0.39 is 17.1 Å². The van der Waals surface area contributed by atoms with Gasteiger partial charge in [-0.15, -0.1) is 0 Å². The lowest BCUT2D eigenvalue weighted by molar-refractivity contribution is 0.00578. The number of nitrogens with two attached hydrogens (primary N) is 1. The number of nitrogens with zero attached hydrogens (tertiary/aromatic N) is 2. The molecule has 0 aromatic carbocycles. The molecule has 0 amide bonds. The molecule has 1 saturated heterocycles. The Balaban J connectivity index is 1.97. The van der Waals surface area contributed by atoms with E-state index >= 15 is 0 Å². The zero-order chi connectivity index (χ0) is 15.9. The molecular formula is C12H20BN3O4S. The lowest BCUT2D eigenvalue weighted by Crippen LogP contribution is -2.41. The summed E-state index contributed by atoms with van der Waals surface area (Å²) in [4.78, 5) is 0. The Morgan fingerprint density at radius 1 is 1.33 bits per heavy atom. The second kappa shape index (κ2) is 5.24. The van der Waals surface area contributed by atoms with Gasteiger partial charge in [-0.1, -0.05) is 12.1 Å². The Labute approximate surface area is 125 Å². The van der Waals surface area contributed by atoms with Gasteiger partial charge in [0.15, 0.2) is 5.03 Å². The van der Waals surface area contributed by atoms with Crippen LogP contribution in [0.3, 0.4) is 0 Å². The quantitative estimate of drug-likeness (QED) is 0.826. The van der Waals surface area contributed by atoms with Gasteiger partial charge in [-0.25, -0.2) is 13.6 Å². The summed E-state index contributed by atoms with van der Waals surface area (Å²) in [6.45, 7) is 8.32. The number of allylic oxidation sites excluding steroid dienone is 1. The first-order valence-electron chi connectivity index (χ1n) is 6.60. The topological polar surface area (TPSA) is 96.4 Å². The number of sulfonamides is 1. The second-order valence-corrected chi connectivity index (χ2v) is 7.48. The predicted octanol–water partition coefficient (Wildman–Crippen LogP) is 0.718. The standard InChI is InChI=1S/C12H20BN3O4S/c1-11(2)12(3,4)20-13(19-11)7-5-8-16-9-6-10(15-16)21(14,17)18/h5-7,9H,8H2,1-4H3,(H2,14,17,18). The molecular weight excluding hydrogens is 293 g/mol. The van der Waals surface area contributed by atoms with Gasteiger partial charge >= 0.3 is 7.12 Å². The van der Waals surface area contributed by atoms with Crippen LogP contribution < -0.4 is 5.14 Å². The van der Waals surface area contributed by atoms with Gasteiger partial charge in [-0.3, -0.25) is 4.68 Å². The molecule has 2 heterocycles. The molecule has 0 atom stereocenters. The molecule has 7 nitrogen and oxygen atoms in total. The number of aromatic nitrogens is 2. The third kappa shape index (κ3) is 3.54. The van der Waals surface area contributed by atoms with Crippen molar-refractivity contribution < 1.29 is 17.7 Å². The van der Waals surface area contributed by atoms with E-state index in [9.17, 15) is 8.42 Å². The fourth-order valence-electron chi connectivity index (χ4n) is 1.84. The smallest absolute Gasteiger partial charge is 0.400 e. The summed E-state index contributed by atoms with van der Waals surface area (Å²) in [5.74, 6) is 1.79. The van der Waals surface area contributed by atoms with Crippen molar-refractivity contribution in [3.05, 3.63) is 24.3 Å². The van der Waals surface area contributed by atoms with Gasteiger partial charge in [0, 0.05) is 6.20 Å². The van der Waals surface area contributed by atoms with Crippen molar-refractivity contribution in [2.45, 2.75) is 50.5 Å². The van der Waals surface area contributed by atoms with Crippen molar-refractivity contribution in [1.29, 1.82) is 0 Å². The third-order valence-electron chi connectivity index (χ3n) is 3.76. The second-order valence-electron chi connectivity index (χ2n) is 5.97. The maximum Gasteiger partial charge on any atom is 0.486 e. The molecule has 1 aliphatic heterocycles. The molecule has 2 N–H and O–H groups in total. The predicted molar refractivity (Wildman–Crippen MR) is 78.8 cm³/mol. The average molecular weight is 313 g/mol. The van der Waals surface area contributed by atoms with Crippen LogP contribution in [0, 0.1) is 0 Å². The van der Waals surface area contributed by atoms with Crippen LogP contribution in [0.2, 0.25) is 0 Å². The van der Waals surface area contributed by atoms with Gasteiger partial charge in [0.2, 0.25) is 0 Å². The van der Waals surface area contributed by atoms with Crippen molar-refractivity contribution in [2.75, 3.05) is 0 Å². The molecule has 9 heteroatoms. The lowest BCUT2D eigenvalue weighted by Gasteiger charge is -2.32. The summed E-state index contributed by atoms with van der Waals surface area (Å²) in [6.07, 6.45) is 3.36. The highest BCUT2D eigenvalue weighted by Crippen LogP contribution is 2.36. The van der Waals surface area contributed by atoms with Crippen molar-refractivity contribution in [3.63, 3.8) is 0 Å². The Bertz CT molecular complexity index is 635. The van der Waals surface area contributed by atoms with E-state index in [1.807, 2.05) is 33.8 Å². The van der Waals surface area contributed by atoms with E-state index in [0.717, 1.165) is 0 Å². The minimum absolute atomic E-state index is 0.147. The first kappa shape index (κ1) is 16.2. The monoisotopic (exact) mass is 313 g/mol. The van der Waals surface area contributed by atoms with Crippen LogP contribution in [-0.2, 0) is 25.9 Å². The lowest BCUT2D eigenvalue weighted by atomic mass is 9.90. The molecule has 0 spiro atoms.